The molecule has 0 N–H and O–H groups in total. The number of hydrogen-bond donors (Lipinski definition) is 0. The number of quaternary nitrogens is 1. The van der Waals surface area contributed by atoms with E-state index in [9.17, 15) is 10.0 Å². The first kappa shape index (κ1) is 26.2. The van der Waals surface area contributed by atoms with Crippen LogP contribution in [0, 0.1) is 5.21 Å². The van der Waals surface area contributed by atoms with Crippen LogP contribution in [-0.4, -0.2) is 87.2 Å². The molecule has 1 amide bonds. The van der Waals surface area contributed by atoms with Crippen molar-refractivity contribution >= 4 is 41.1 Å². The van der Waals surface area contributed by atoms with Gasteiger partial charge in [-0.15, -0.1) is 0 Å². The van der Waals surface area contributed by atoms with Gasteiger partial charge in [0.15, 0.2) is 0 Å². The van der Waals surface area contributed by atoms with Crippen LogP contribution in [0.25, 0.3) is 0 Å². The molecule has 0 saturated carbocycles. The maximum atomic E-state index is 13.3. The molecule has 0 unspecified atom stereocenters. The average molecular weight is 549 g/mol. The molecule has 3 heterocycles. The fourth-order valence-corrected chi connectivity index (χ4v) is 5.48. The number of nitrogens with zero attached hydrogens (tertiary/aromatic N) is 4. The number of benzene rings is 2. The molecule has 2 aromatic rings. The molecule has 0 bridgehead atoms. The van der Waals surface area contributed by atoms with Gasteiger partial charge < -0.3 is 33.9 Å². The van der Waals surface area contributed by atoms with Crippen molar-refractivity contribution in [3.05, 3.63) is 63.3 Å². The SMILES string of the molecule is CC(=O)N1CC[N+]([O-])(c2ccc(OC[C@H]3CO[C@](CN4C=NCC4)(c4ccc(Cl)cc4Cl)O3)cc2)CC1. The molecule has 0 spiro atoms. The van der Waals surface area contributed by atoms with E-state index < -0.39 is 10.4 Å². The zero-order valence-corrected chi connectivity index (χ0v) is 22.2. The zero-order chi connectivity index (χ0) is 26.0. The maximum Gasteiger partial charge on any atom is 0.219 e. The molecule has 3 aliphatic heterocycles. The molecular formula is C26H30Cl2N4O5. The van der Waals surface area contributed by atoms with Crippen LogP contribution in [0.5, 0.6) is 5.75 Å². The minimum atomic E-state index is -1.07. The van der Waals surface area contributed by atoms with Crippen molar-refractivity contribution in [1.82, 2.24) is 14.4 Å². The van der Waals surface area contributed by atoms with E-state index in [-0.39, 0.29) is 18.6 Å². The molecule has 3 aliphatic rings. The number of hydroxylamine groups is 2. The molecule has 9 nitrogen and oxygen atoms in total. The number of aliphatic imine (C=N–C) groups is 1. The highest BCUT2D eigenvalue weighted by Crippen LogP contribution is 2.40. The number of ether oxygens (including phenoxy) is 3. The third-order valence-corrected chi connectivity index (χ3v) is 7.57. The maximum absolute atomic E-state index is 13.3. The lowest BCUT2D eigenvalue weighted by Gasteiger charge is -2.47. The van der Waals surface area contributed by atoms with Crippen molar-refractivity contribution in [3.63, 3.8) is 0 Å². The van der Waals surface area contributed by atoms with Gasteiger partial charge in [0.1, 0.15) is 37.2 Å². The van der Waals surface area contributed by atoms with Gasteiger partial charge >= 0.3 is 0 Å². The van der Waals surface area contributed by atoms with Crippen LogP contribution >= 0.6 is 23.2 Å². The second-order valence-corrected chi connectivity index (χ2v) is 10.4. The summed E-state index contributed by atoms with van der Waals surface area (Å²) >= 11 is 12.7. The van der Waals surface area contributed by atoms with Crippen LogP contribution in [0.15, 0.2) is 47.5 Å². The van der Waals surface area contributed by atoms with Crippen LogP contribution in [0.3, 0.4) is 0 Å². The van der Waals surface area contributed by atoms with Gasteiger partial charge in [-0.1, -0.05) is 29.3 Å². The van der Waals surface area contributed by atoms with Crippen molar-refractivity contribution in [2.75, 3.05) is 59.0 Å². The third-order valence-electron chi connectivity index (χ3n) is 7.02. The fraction of sp³-hybridized carbons (Fsp3) is 0.462. The summed E-state index contributed by atoms with van der Waals surface area (Å²) in [5.74, 6) is -0.434. The molecule has 0 radical (unpaired) electrons. The number of amides is 1. The van der Waals surface area contributed by atoms with Gasteiger partial charge in [0.2, 0.25) is 11.7 Å². The van der Waals surface area contributed by atoms with Crippen molar-refractivity contribution in [1.29, 1.82) is 0 Å². The number of piperazine rings is 1. The number of halogens is 2. The lowest BCUT2D eigenvalue weighted by molar-refractivity contribution is -0.184. The number of carbonyl (C=O) groups is 1. The van der Waals surface area contributed by atoms with Crippen LogP contribution in [0.2, 0.25) is 10.0 Å². The Morgan fingerprint density at radius 2 is 1.95 bits per heavy atom. The Morgan fingerprint density at radius 1 is 1.19 bits per heavy atom. The van der Waals surface area contributed by atoms with Crippen LogP contribution in [-0.2, 0) is 20.1 Å². The Kier molecular flexibility index (Phi) is 7.63. The van der Waals surface area contributed by atoms with Gasteiger partial charge in [0.25, 0.3) is 0 Å². The lowest BCUT2D eigenvalue weighted by atomic mass is 10.0. The summed E-state index contributed by atoms with van der Waals surface area (Å²) in [4.78, 5) is 19.6. The minimum Gasteiger partial charge on any atom is -0.627 e. The highest BCUT2D eigenvalue weighted by Gasteiger charge is 2.46. The molecular weight excluding hydrogens is 519 g/mol. The topological polar surface area (TPSA) is 86.7 Å². The molecule has 0 aromatic heterocycles. The van der Waals surface area contributed by atoms with Gasteiger partial charge in [-0.2, -0.15) is 0 Å². The van der Waals surface area contributed by atoms with Gasteiger partial charge in [-0.05, 0) is 24.3 Å². The normalized spacial score (nSPS) is 25.0. The van der Waals surface area contributed by atoms with Gasteiger partial charge in [-0.3, -0.25) is 9.79 Å². The smallest absolute Gasteiger partial charge is 0.219 e. The predicted octanol–water partition coefficient (Wildman–Crippen LogP) is 3.65. The fourth-order valence-electron chi connectivity index (χ4n) is 4.92. The van der Waals surface area contributed by atoms with E-state index in [2.05, 4.69) is 4.99 Å². The van der Waals surface area contributed by atoms with Gasteiger partial charge in [-0.25, -0.2) is 0 Å². The van der Waals surface area contributed by atoms with Crippen molar-refractivity contribution in [2.24, 2.45) is 4.99 Å². The molecule has 2 atom stereocenters. The first-order chi connectivity index (χ1) is 17.8. The number of carbonyl (C=O) groups excluding carboxylic acids is 1. The van der Waals surface area contributed by atoms with Crippen molar-refractivity contribution in [2.45, 2.75) is 18.8 Å². The van der Waals surface area contributed by atoms with Crippen LogP contribution in [0.1, 0.15) is 12.5 Å². The number of rotatable bonds is 7. The lowest BCUT2D eigenvalue weighted by Crippen LogP contribution is -2.57. The standard InChI is InChI=1S/C26H30Cl2N4O5/c1-19(33)31-10-12-32(34,13-11-31)21-3-5-22(6-4-21)35-15-23-16-36-26(37-23,17-30-9-8-29-18-30)24-7-2-20(27)14-25(24)28/h2-7,14,18,23H,8-13,15-17H2,1H3/t23-,26-/m0/s1. The van der Waals surface area contributed by atoms with E-state index in [1.54, 1.807) is 47.6 Å². The highest BCUT2D eigenvalue weighted by molar-refractivity contribution is 6.35. The molecule has 2 saturated heterocycles. The first-order valence-electron chi connectivity index (χ1n) is 12.3. The van der Waals surface area contributed by atoms with E-state index in [1.165, 1.54) is 6.92 Å². The van der Waals surface area contributed by atoms with E-state index in [0.717, 1.165) is 13.1 Å². The summed E-state index contributed by atoms with van der Waals surface area (Å²) in [5, 5.41) is 14.3. The predicted molar refractivity (Wildman–Crippen MR) is 143 cm³/mol. The summed E-state index contributed by atoms with van der Waals surface area (Å²) in [6.45, 7) is 5.66. The Hall–Kier alpha value is -2.40. The third kappa shape index (κ3) is 5.72. The summed E-state index contributed by atoms with van der Waals surface area (Å²) in [6.07, 6.45) is 1.47. The van der Waals surface area contributed by atoms with Gasteiger partial charge in [0.05, 0.1) is 44.1 Å². The first-order valence-corrected chi connectivity index (χ1v) is 13.1. The quantitative estimate of drug-likeness (QED) is 0.387. The molecule has 198 valence electrons. The van der Waals surface area contributed by atoms with Crippen molar-refractivity contribution < 1.29 is 19.0 Å². The Labute approximate surface area is 226 Å². The highest BCUT2D eigenvalue weighted by atomic mass is 35.5. The summed E-state index contributed by atoms with van der Waals surface area (Å²) in [5.41, 5.74) is 1.36. The molecule has 37 heavy (non-hydrogen) atoms. The minimum absolute atomic E-state index is 0.00373. The second kappa shape index (κ2) is 10.8. The van der Waals surface area contributed by atoms with E-state index >= 15 is 0 Å². The Balaban J connectivity index is 1.22. The van der Waals surface area contributed by atoms with E-state index in [0.29, 0.717) is 66.4 Å². The average Bonchev–Trinajstić information content (AvgIpc) is 3.54. The summed E-state index contributed by atoms with van der Waals surface area (Å²) < 4.78 is 18.2. The summed E-state index contributed by atoms with van der Waals surface area (Å²) in [6, 6.07) is 12.5. The van der Waals surface area contributed by atoms with Crippen LogP contribution in [0.4, 0.5) is 5.69 Å². The van der Waals surface area contributed by atoms with Crippen LogP contribution < -0.4 is 9.38 Å². The molecule has 2 fully saturated rings. The second-order valence-electron chi connectivity index (χ2n) is 9.57. The Morgan fingerprint density at radius 3 is 2.59 bits per heavy atom. The molecule has 5 rings (SSSR count). The van der Waals surface area contributed by atoms with Gasteiger partial charge in [0, 0.05) is 36.2 Å². The Bertz CT molecular complexity index is 1160. The molecule has 11 heteroatoms. The van der Waals surface area contributed by atoms with Crippen molar-refractivity contribution in [3.8, 4) is 5.75 Å². The largest absolute Gasteiger partial charge is 0.627 e. The zero-order valence-electron chi connectivity index (χ0n) is 20.6. The summed E-state index contributed by atoms with van der Waals surface area (Å²) in [7, 11) is 0. The van der Waals surface area contributed by atoms with E-state index in [1.807, 2.05) is 11.0 Å². The number of hydrogen-bond acceptors (Lipinski definition) is 7. The molecule has 2 aromatic carbocycles. The monoisotopic (exact) mass is 548 g/mol. The molecule has 0 aliphatic carbocycles. The van der Waals surface area contributed by atoms with E-state index in [4.69, 9.17) is 37.4 Å².